The van der Waals surface area contributed by atoms with Gasteiger partial charge in [0.25, 0.3) is 10.0 Å². The molecule has 5 rings (SSSR count). The predicted octanol–water partition coefficient (Wildman–Crippen LogP) is 3.26. The van der Waals surface area contributed by atoms with E-state index in [0.29, 0.717) is 34.2 Å². The van der Waals surface area contributed by atoms with Gasteiger partial charge in [0.1, 0.15) is 28.0 Å². The zero-order valence-electron chi connectivity index (χ0n) is 15.7. The molecule has 0 aliphatic rings. The Balaban J connectivity index is 1.34. The van der Waals surface area contributed by atoms with Gasteiger partial charge in [-0.05, 0) is 42.5 Å². The highest BCUT2D eigenvalue weighted by Gasteiger charge is 2.19. The Bertz CT molecular complexity index is 1450. The van der Waals surface area contributed by atoms with E-state index in [1.54, 1.807) is 65.6 Å². The highest BCUT2D eigenvalue weighted by molar-refractivity contribution is 7.93. The molecule has 0 aliphatic heterocycles. The van der Waals surface area contributed by atoms with Gasteiger partial charge in [-0.15, -0.1) is 0 Å². The molecule has 2 aromatic carbocycles. The number of ether oxygens (including phenoxy) is 1. The van der Waals surface area contributed by atoms with Gasteiger partial charge in [-0.2, -0.15) is 13.8 Å². The van der Waals surface area contributed by atoms with Crippen LogP contribution < -0.4 is 9.46 Å². The van der Waals surface area contributed by atoms with Crippen LogP contribution in [0.3, 0.4) is 0 Å². The molecular formula is C19H13N7O3S2. The molecule has 0 atom stereocenters. The van der Waals surface area contributed by atoms with E-state index in [-0.39, 0.29) is 4.90 Å². The lowest BCUT2D eigenvalue weighted by Gasteiger charge is -2.10. The molecule has 0 fully saturated rings. The molecule has 0 radical (unpaired) electrons. The fourth-order valence-corrected chi connectivity index (χ4v) is 4.66. The molecule has 0 saturated carbocycles. The van der Waals surface area contributed by atoms with Crippen LogP contribution in [-0.4, -0.2) is 36.9 Å². The van der Waals surface area contributed by atoms with Crippen molar-refractivity contribution in [2.75, 3.05) is 4.72 Å². The summed E-state index contributed by atoms with van der Waals surface area (Å²) in [5, 5.41) is 4.12. The molecule has 3 aromatic heterocycles. The van der Waals surface area contributed by atoms with Crippen LogP contribution in [0.2, 0.25) is 0 Å². The number of aromatic nitrogens is 6. The summed E-state index contributed by atoms with van der Waals surface area (Å²) in [6.45, 7) is 0. The van der Waals surface area contributed by atoms with Gasteiger partial charge in [-0.3, -0.25) is 4.72 Å². The first-order chi connectivity index (χ1) is 15.1. The summed E-state index contributed by atoms with van der Waals surface area (Å²) < 4.78 is 43.7. The van der Waals surface area contributed by atoms with E-state index in [1.807, 2.05) is 0 Å². The van der Waals surface area contributed by atoms with Crippen LogP contribution in [0.25, 0.3) is 16.9 Å². The highest BCUT2D eigenvalue weighted by Crippen LogP contribution is 2.26. The average Bonchev–Trinajstić information content (AvgIpc) is 3.47. The summed E-state index contributed by atoms with van der Waals surface area (Å²) in [6.07, 6.45) is 4.78. The van der Waals surface area contributed by atoms with Crippen molar-refractivity contribution in [3.8, 4) is 17.4 Å². The van der Waals surface area contributed by atoms with Gasteiger partial charge in [0.2, 0.25) is 5.88 Å². The van der Waals surface area contributed by atoms with Gasteiger partial charge < -0.3 is 4.74 Å². The van der Waals surface area contributed by atoms with Gasteiger partial charge in [0, 0.05) is 24.1 Å². The van der Waals surface area contributed by atoms with Crippen molar-refractivity contribution in [1.82, 2.24) is 28.5 Å². The number of benzene rings is 2. The van der Waals surface area contributed by atoms with Crippen LogP contribution in [0.5, 0.6) is 11.6 Å². The van der Waals surface area contributed by atoms with E-state index in [1.165, 1.54) is 12.4 Å². The summed E-state index contributed by atoms with van der Waals surface area (Å²) in [5.74, 6) is 1.38. The minimum absolute atomic E-state index is 0.0752. The number of nitrogens with zero attached hydrogens (tertiary/aromatic N) is 6. The molecule has 31 heavy (non-hydrogen) atoms. The molecule has 154 valence electrons. The zero-order valence-corrected chi connectivity index (χ0v) is 17.3. The third kappa shape index (κ3) is 3.93. The molecule has 0 unspecified atom stereocenters. The maximum Gasteiger partial charge on any atom is 0.264 e. The van der Waals surface area contributed by atoms with Crippen LogP contribution in [0.4, 0.5) is 5.69 Å². The summed E-state index contributed by atoms with van der Waals surface area (Å²) in [5.41, 5.74) is 1.26. The number of anilines is 1. The summed E-state index contributed by atoms with van der Waals surface area (Å²) in [7, 11) is -3.83. The normalized spacial score (nSPS) is 11.5. The molecule has 12 heteroatoms. The molecule has 5 aromatic rings. The highest BCUT2D eigenvalue weighted by atomic mass is 32.2. The molecule has 0 aliphatic carbocycles. The standard InChI is InChI=1S/C19H13N7O3S2/c27-31(28,16-4-1-3-15-19(16)24-30-23-15)25-13-5-7-14(8-6-13)29-18-11-17(20-12-21-18)26-10-2-9-22-26/h1-12,25H. The Morgan fingerprint density at radius 2 is 1.87 bits per heavy atom. The molecule has 0 spiro atoms. The lowest BCUT2D eigenvalue weighted by molar-refractivity contribution is 0.460. The lowest BCUT2D eigenvalue weighted by atomic mass is 10.3. The fourth-order valence-electron chi connectivity index (χ4n) is 2.84. The number of fused-ring (bicyclic) bond motifs is 1. The van der Waals surface area contributed by atoms with Gasteiger partial charge in [-0.1, -0.05) is 6.07 Å². The van der Waals surface area contributed by atoms with Crippen molar-refractivity contribution in [1.29, 1.82) is 0 Å². The number of nitrogens with one attached hydrogen (secondary N) is 1. The van der Waals surface area contributed by atoms with Crippen LogP contribution >= 0.6 is 11.7 Å². The summed E-state index contributed by atoms with van der Waals surface area (Å²) in [6, 6.07) is 14.8. The Labute approximate surface area is 180 Å². The molecule has 0 saturated heterocycles. The predicted molar refractivity (Wildman–Crippen MR) is 114 cm³/mol. The van der Waals surface area contributed by atoms with Gasteiger partial charge >= 0.3 is 0 Å². The van der Waals surface area contributed by atoms with Crippen molar-refractivity contribution in [3.63, 3.8) is 0 Å². The average molecular weight is 451 g/mol. The number of sulfonamides is 1. The molecule has 1 N–H and O–H groups in total. The smallest absolute Gasteiger partial charge is 0.264 e. The fraction of sp³-hybridized carbons (Fsp3) is 0. The SMILES string of the molecule is O=S(=O)(Nc1ccc(Oc2cc(-n3cccn3)ncn2)cc1)c1cccc2nsnc12. The van der Waals surface area contributed by atoms with Crippen LogP contribution in [0, 0.1) is 0 Å². The van der Waals surface area contributed by atoms with Crippen molar-refractivity contribution in [2.24, 2.45) is 0 Å². The van der Waals surface area contributed by atoms with Crippen LogP contribution in [-0.2, 0) is 10.0 Å². The van der Waals surface area contributed by atoms with E-state index >= 15 is 0 Å². The Morgan fingerprint density at radius 3 is 2.68 bits per heavy atom. The van der Waals surface area contributed by atoms with Crippen molar-refractivity contribution in [2.45, 2.75) is 4.90 Å². The molecular weight excluding hydrogens is 438 g/mol. The third-order valence-corrected chi connectivity index (χ3v) is 6.19. The summed E-state index contributed by atoms with van der Waals surface area (Å²) >= 11 is 0.968. The van der Waals surface area contributed by atoms with Crippen molar-refractivity contribution >= 4 is 38.5 Å². The van der Waals surface area contributed by atoms with Gasteiger partial charge in [0.05, 0.1) is 11.7 Å². The lowest BCUT2D eigenvalue weighted by Crippen LogP contribution is -2.13. The minimum Gasteiger partial charge on any atom is -0.439 e. The van der Waals surface area contributed by atoms with E-state index in [0.717, 1.165) is 11.7 Å². The van der Waals surface area contributed by atoms with E-state index in [4.69, 9.17) is 4.74 Å². The van der Waals surface area contributed by atoms with Gasteiger partial charge in [-0.25, -0.2) is 23.1 Å². The Morgan fingerprint density at radius 1 is 1.00 bits per heavy atom. The quantitative estimate of drug-likeness (QED) is 0.417. The number of hydrogen-bond donors (Lipinski definition) is 1. The number of rotatable bonds is 6. The molecule has 3 heterocycles. The van der Waals surface area contributed by atoms with Gasteiger partial charge in [0.15, 0.2) is 5.82 Å². The Hall–Kier alpha value is -3.90. The van der Waals surface area contributed by atoms with Crippen molar-refractivity contribution in [3.05, 3.63) is 73.3 Å². The van der Waals surface area contributed by atoms with E-state index < -0.39 is 10.0 Å². The first-order valence-corrected chi connectivity index (χ1v) is 11.1. The molecule has 0 bridgehead atoms. The maximum absolute atomic E-state index is 12.8. The van der Waals surface area contributed by atoms with Crippen molar-refractivity contribution < 1.29 is 13.2 Å². The first-order valence-electron chi connectivity index (χ1n) is 8.93. The number of hydrogen-bond acceptors (Lipinski definition) is 9. The zero-order chi connectivity index (χ0) is 21.3. The molecule has 10 nitrogen and oxygen atoms in total. The maximum atomic E-state index is 12.8. The largest absolute Gasteiger partial charge is 0.439 e. The second-order valence-electron chi connectivity index (χ2n) is 6.29. The second-order valence-corrected chi connectivity index (χ2v) is 8.46. The second kappa shape index (κ2) is 7.74. The minimum atomic E-state index is -3.83. The topological polar surface area (TPSA) is 125 Å². The third-order valence-electron chi connectivity index (χ3n) is 4.23. The first kappa shape index (κ1) is 19.1. The summed E-state index contributed by atoms with van der Waals surface area (Å²) in [4.78, 5) is 8.32. The van der Waals surface area contributed by atoms with Crippen LogP contribution in [0.15, 0.2) is 78.2 Å². The van der Waals surface area contributed by atoms with E-state index in [9.17, 15) is 8.42 Å². The van der Waals surface area contributed by atoms with E-state index in [2.05, 4.69) is 28.5 Å². The monoisotopic (exact) mass is 451 g/mol. The van der Waals surface area contributed by atoms with Crippen LogP contribution in [0.1, 0.15) is 0 Å². The Kier molecular flexibility index (Phi) is 4.76. The molecule has 0 amide bonds.